The van der Waals surface area contributed by atoms with E-state index in [4.69, 9.17) is 39.5 Å². The maximum atomic E-state index is 12.4. The second-order valence-electron chi connectivity index (χ2n) is 7.36. The van der Waals surface area contributed by atoms with Crippen molar-refractivity contribution < 1.29 is 19.2 Å². The SMILES string of the molecule is Cc1nn(Cc2ccccc2Cl)c(Cl)c1/C=C/C(=O)O[C@H](C)C(=O)Nc1ccc([N+](=O)[O-])cc1Cl. The lowest BCUT2D eigenvalue weighted by Crippen LogP contribution is -2.29. The molecule has 1 atom stereocenters. The van der Waals surface area contributed by atoms with Crippen LogP contribution in [-0.4, -0.2) is 32.7 Å². The zero-order valence-corrected chi connectivity index (χ0v) is 20.8. The summed E-state index contributed by atoms with van der Waals surface area (Å²) in [7, 11) is 0. The highest BCUT2D eigenvalue weighted by molar-refractivity contribution is 6.34. The van der Waals surface area contributed by atoms with E-state index in [0.717, 1.165) is 17.7 Å². The van der Waals surface area contributed by atoms with Gasteiger partial charge in [0.1, 0.15) is 5.15 Å². The number of anilines is 1. The molecule has 9 nitrogen and oxygen atoms in total. The lowest BCUT2D eigenvalue weighted by Gasteiger charge is -2.13. The van der Waals surface area contributed by atoms with Crippen LogP contribution in [0.2, 0.25) is 15.2 Å². The number of amides is 1. The van der Waals surface area contributed by atoms with Gasteiger partial charge in [0.05, 0.1) is 27.9 Å². The Labute approximate surface area is 215 Å². The van der Waals surface area contributed by atoms with Crippen molar-refractivity contribution >= 4 is 64.1 Å². The first-order valence-corrected chi connectivity index (χ1v) is 11.3. The van der Waals surface area contributed by atoms with E-state index < -0.39 is 22.9 Å². The number of aryl methyl sites for hydroxylation is 1. The minimum absolute atomic E-state index is 0.0232. The number of hydrogen-bond acceptors (Lipinski definition) is 6. The lowest BCUT2D eigenvalue weighted by atomic mass is 10.2. The summed E-state index contributed by atoms with van der Waals surface area (Å²) < 4.78 is 6.69. The number of hydrogen-bond donors (Lipinski definition) is 1. The molecular weight excluding hydrogens is 519 g/mol. The highest BCUT2D eigenvalue weighted by Gasteiger charge is 2.19. The van der Waals surface area contributed by atoms with Crippen LogP contribution < -0.4 is 5.32 Å². The first kappa shape index (κ1) is 26.2. The smallest absolute Gasteiger partial charge is 0.331 e. The van der Waals surface area contributed by atoms with Crippen LogP contribution in [0.3, 0.4) is 0 Å². The Bertz CT molecular complexity index is 1320. The molecule has 0 aliphatic carbocycles. The van der Waals surface area contributed by atoms with Gasteiger partial charge in [-0.2, -0.15) is 5.10 Å². The molecule has 0 aliphatic rings. The van der Waals surface area contributed by atoms with E-state index in [0.29, 0.717) is 28.0 Å². The first-order valence-electron chi connectivity index (χ1n) is 10.2. The predicted molar refractivity (Wildman–Crippen MR) is 134 cm³/mol. The van der Waals surface area contributed by atoms with Crippen molar-refractivity contribution in [2.45, 2.75) is 26.5 Å². The lowest BCUT2D eigenvalue weighted by molar-refractivity contribution is -0.384. The summed E-state index contributed by atoms with van der Waals surface area (Å²) in [5.41, 5.74) is 1.87. The molecular formula is C23H19Cl3N4O5. The number of aromatic nitrogens is 2. The third-order valence-electron chi connectivity index (χ3n) is 4.86. The molecule has 0 fully saturated rings. The molecule has 0 unspecified atom stereocenters. The van der Waals surface area contributed by atoms with Crippen LogP contribution in [0.5, 0.6) is 0 Å². The zero-order valence-electron chi connectivity index (χ0n) is 18.5. The van der Waals surface area contributed by atoms with Gasteiger partial charge in [-0.15, -0.1) is 0 Å². The van der Waals surface area contributed by atoms with Gasteiger partial charge in [-0.05, 0) is 37.6 Å². The minimum atomic E-state index is -1.17. The summed E-state index contributed by atoms with van der Waals surface area (Å²) >= 11 is 18.6. The maximum absolute atomic E-state index is 12.4. The molecule has 0 bridgehead atoms. The molecule has 3 rings (SSSR count). The molecule has 2 aromatic carbocycles. The average molecular weight is 538 g/mol. The van der Waals surface area contributed by atoms with Crippen LogP contribution in [-0.2, 0) is 20.9 Å². The van der Waals surface area contributed by atoms with Crippen LogP contribution in [0.15, 0.2) is 48.5 Å². The molecule has 0 radical (unpaired) electrons. The zero-order chi connectivity index (χ0) is 25.7. The number of halogens is 3. The molecule has 3 aromatic rings. The van der Waals surface area contributed by atoms with E-state index in [2.05, 4.69) is 10.4 Å². The number of ether oxygens (including phenoxy) is 1. The van der Waals surface area contributed by atoms with Crippen LogP contribution in [0.1, 0.15) is 23.7 Å². The molecule has 1 heterocycles. The number of esters is 1. The molecule has 1 N–H and O–H groups in total. The fourth-order valence-electron chi connectivity index (χ4n) is 3.02. The van der Waals surface area contributed by atoms with Gasteiger partial charge in [-0.1, -0.05) is 53.0 Å². The van der Waals surface area contributed by atoms with E-state index in [1.807, 2.05) is 18.2 Å². The summed E-state index contributed by atoms with van der Waals surface area (Å²) in [5, 5.41) is 18.5. The number of carbonyl (C=O) groups is 2. The fourth-order valence-corrected chi connectivity index (χ4v) is 3.74. The van der Waals surface area contributed by atoms with E-state index in [1.54, 1.807) is 17.7 Å². The second-order valence-corrected chi connectivity index (χ2v) is 8.53. The molecule has 0 spiro atoms. The van der Waals surface area contributed by atoms with E-state index in [9.17, 15) is 19.7 Å². The Hall–Kier alpha value is -3.40. The summed E-state index contributed by atoms with van der Waals surface area (Å²) in [6.45, 7) is 3.46. The molecule has 1 amide bonds. The van der Waals surface area contributed by atoms with E-state index in [1.165, 1.54) is 25.1 Å². The van der Waals surface area contributed by atoms with Crippen LogP contribution in [0.4, 0.5) is 11.4 Å². The van der Waals surface area contributed by atoms with Crippen molar-refractivity contribution in [1.29, 1.82) is 0 Å². The second kappa shape index (κ2) is 11.4. The molecule has 1 aromatic heterocycles. The fraction of sp³-hybridized carbons (Fsp3) is 0.174. The summed E-state index contributed by atoms with van der Waals surface area (Å²) in [5.74, 6) is -1.44. The van der Waals surface area contributed by atoms with Crippen molar-refractivity contribution in [3.8, 4) is 0 Å². The van der Waals surface area contributed by atoms with Crippen molar-refractivity contribution in [3.05, 3.63) is 90.7 Å². The largest absolute Gasteiger partial charge is 0.449 e. The third kappa shape index (κ3) is 6.60. The number of carbonyl (C=O) groups excluding carboxylic acids is 2. The van der Waals surface area contributed by atoms with E-state index in [-0.39, 0.29) is 16.4 Å². The highest BCUT2D eigenvalue weighted by atomic mass is 35.5. The van der Waals surface area contributed by atoms with Crippen LogP contribution in [0, 0.1) is 17.0 Å². The standard InChI is InChI=1S/C23H19Cl3N4O5/c1-13-17(22(26)29(28-13)12-15-5-3-4-6-18(15)24)8-10-21(31)35-14(2)23(32)27-20-9-7-16(30(33)34)11-19(20)25/h3-11,14H,12H2,1-2H3,(H,27,32)/b10-8+/t14-/m1/s1. The molecule has 0 saturated heterocycles. The van der Waals surface area contributed by atoms with Crippen molar-refractivity contribution in [1.82, 2.24) is 9.78 Å². The van der Waals surface area contributed by atoms with Gasteiger partial charge in [-0.3, -0.25) is 14.9 Å². The average Bonchev–Trinajstić information content (AvgIpc) is 3.07. The van der Waals surface area contributed by atoms with Crippen molar-refractivity contribution in [2.75, 3.05) is 5.32 Å². The molecule has 12 heteroatoms. The summed E-state index contributed by atoms with van der Waals surface area (Å²) in [6.07, 6.45) is 1.42. The maximum Gasteiger partial charge on any atom is 0.331 e. The van der Waals surface area contributed by atoms with Gasteiger partial charge >= 0.3 is 5.97 Å². The molecule has 0 saturated carbocycles. The van der Waals surface area contributed by atoms with Crippen LogP contribution >= 0.6 is 34.8 Å². The molecule has 182 valence electrons. The minimum Gasteiger partial charge on any atom is -0.449 e. The highest BCUT2D eigenvalue weighted by Crippen LogP contribution is 2.27. The number of nitro groups is 1. The third-order valence-corrected chi connectivity index (χ3v) is 5.94. The van der Waals surface area contributed by atoms with E-state index >= 15 is 0 Å². The van der Waals surface area contributed by atoms with Gasteiger partial charge in [0.15, 0.2) is 6.10 Å². The summed E-state index contributed by atoms with van der Waals surface area (Å²) in [6, 6.07) is 10.9. The van der Waals surface area contributed by atoms with Crippen LogP contribution in [0.25, 0.3) is 6.08 Å². The Balaban J connectivity index is 1.63. The monoisotopic (exact) mass is 536 g/mol. The van der Waals surface area contributed by atoms with Crippen molar-refractivity contribution in [3.63, 3.8) is 0 Å². The van der Waals surface area contributed by atoms with Gasteiger partial charge in [0, 0.05) is 28.8 Å². The normalized spacial score (nSPS) is 11.9. The topological polar surface area (TPSA) is 116 Å². The number of nitrogens with one attached hydrogen (secondary N) is 1. The Morgan fingerprint density at radius 3 is 2.57 bits per heavy atom. The molecule has 35 heavy (non-hydrogen) atoms. The van der Waals surface area contributed by atoms with Gasteiger partial charge in [0.2, 0.25) is 0 Å². The number of nitrogens with zero attached hydrogens (tertiary/aromatic N) is 3. The predicted octanol–water partition coefficient (Wildman–Crippen LogP) is 5.69. The number of benzene rings is 2. The van der Waals surface area contributed by atoms with Crippen molar-refractivity contribution in [2.24, 2.45) is 0 Å². The van der Waals surface area contributed by atoms with Gasteiger partial charge in [-0.25, -0.2) is 9.48 Å². The number of rotatable bonds is 8. The molecule has 0 aliphatic heterocycles. The number of nitro benzene ring substituents is 1. The first-order chi connectivity index (χ1) is 16.6. The summed E-state index contributed by atoms with van der Waals surface area (Å²) in [4.78, 5) is 34.8. The Morgan fingerprint density at radius 1 is 1.20 bits per heavy atom. The quantitative estimate of drug-likeness (QED) is 0.171. The number of non-ortho nitro benzene ring substituents is 1. The van der Waals surface area contributed by atoms with Gasteiger partial charge in [0.25, 0.3) is 11.6 Å². The Morgan fingerprint density at radius 2 is 1.91 bits per heavy atom. The van der Waals surface area contributed by atoms with Gasteiger partial charge < -0.3 is 10.1 Å². The Kier molecular flexibility index (Phi) is 8.50.